The number of carbonyl (C=O) groups excluding carboxylic acids is 3. The summed E-state index contributed by atoms with van der Waals surface area (Å²) in [7, 11) is 0. The lowest BCUT2D eigenvalue weighted by molar-refractivity contribution is -0.115. The smallest absolute Gasteiger partial charge is 0.272 e. The average molecular weight is 651 g/mol. The van der Waals surface area contributed by atoms with E-state index in [4.69, 9.17) is 0 Å². The van der Waals surface area contributed by atoms with Crippen LogP contribution in [0.1, 0.15) is 22.8 Å². The second-order valence-corrected chi connectivity index (χ2v) is 12.1. The molecule has 0 saturated heterocycles. The molecule has 6 nitrogen and oxygen atoms in total. The fourth-order valence-corrected chi connectivity index (χ4v) is 5.57. The Morgan fingerprint density at radius 1 is 0.721 bits per heavy atom. The summed E-state index contributed by atoms with van der Waals surface area (Å²) in [6.07, 6.45) is 1.63. The minimum Gasteiger partial charge on any atom is -0.325 e. The monoisotopic (exact) mass is 649 g/mol. The zero-order valence-electron chi connectivity index (χ0n) is 23.2. The maximum Gasteiger partial charge on any atom is 0.272 e. The fourth-order valence-electron chi connectivity index (χ4n) is 4.29. The highest BCUT2D eigenvalue weighted by molar-refractivity contribution is 9.10. The Morgan fingerprint density at radius 2 is 1.42 bits per heavy atom. The van der Waals surface area contributed by atoms with Crippen molar-refractivity contribution in [1.29, 1.82) is 0 Å². The molecule has 214 valence electrons. The van der Waals surface area contributed by atoms with Gasteiger partial charge in [0, 0.05) is 26.3 Å². The van der Waals surface area contributed by atoms with Gasteiger partial charge in [0.2, 0.25) is 5.91 Å². The average Bonchev–Trinajstić information content (AvgIpc) is 3.02. The Hall–Kier alpha value is -4.66. The number of hydrogen-bond acceptors (Lipinski definition) is 4. The number of amides is 3. The van der Waals surface area contributed by atoms with Crippen LogP contribution in [0, 0.1) is 0 Å². The SMILES string of the molecule is CC(Sc1ccc(NC(=O)/C(=C/c2cccc(Br)c2)NC(=O)c2ccccc2)cc1)C(=O)Nc1ccc2ccccc2c1. The lowest BCUT2D eigenvalue weighted by Crippen LogP contribution is -2.30. The quantitative estimate of drug-likeness (QED) is 0.111. The normalized spacial score (nSPS) is 11.9. The third-order valence-corrected chi connectivity index (χ3v) is 8.10. The van der Waals surface area contributed by atoms with Crippen molar-refractivity contribution in [3.05, 3.63) is 143 Å². The second kappa shape index (κ2) is 14.0. The maximum absolute atomic E-state index is 13.3. The fraction of sp³-hybridized carbons (Fsp3) is 0.0571. The molecule has 0 aromatic heterocycles. The van der Waals surface area contributed by atoms with E-state index >= 15 is 0 Å². The number of nitrogens with one attached hydrogen (secondary N) is 3. The van der Waals surface area contributed by atoms with Crippen LogP contribution in [0.2, 0.25) is 0 Å². The van der Waals surface area contributed by atoms with Crippen LogP contribution < -0.4 is 16.0 Å². The van der Waals surface area contributed by atoms with Gasteiger partial charge in [-0.1, -0.05) is 76.6 Å². The first-order chi connectivity index (χ1) is 20.8. The van der Waals surface area contributed by atoms with E-state index < -0.39 is 5.91 Å². The molecule has 0 bridgehead atoms. The van der Waals surface area contributed by atoms with Crippen LogP contribution in [-0.2, 0) is 9.59 Å². The van der Waals surface area contributed by atoms with E-state index in [2.05, 4.69) is 31.9 Å². The zero-order chi connectivity index (χ0) is 30.2. The molecule has 43 heavy (non-hydrogen) atoms. The molecule has 0 aliphatic carbocycles. The Kier molecular flexibility index (Phi) is 9.71. The first kappa shape index (κ1) is 29.8. The molecule has 1 unspecified atom stereocenters. The van der Waals surface area contributed by atoms with Gasteiger partial charge in [-0.05, 0) is 90.0 Å². The summed E-state index contributed by atoms with van der Waals surface area (Å²) in [5.41, 5.74) is 2.59. The van der Waals surface area contributed by atoms with Crippen LogP contribution >= 0.6 is 27.7 Å². The Balaban J connectivity index is 1.23. The molecule has 3 amide bonds. The van der Waals surface area contributed by atoms with Crippen molar-refractivity contribution in [1.82, 2.24) is 5.32 Å². The Labute approximate surface area is 262 Å². The van der Waals surface area contributed by atoms with Crippen molar-refractivity contribution in [3.8, 4) is 0 Å². The van der Waals surface area contributed by atoms with E-state index in [1.54, 1.807) is 42.5 Å². The van der Waals surface area contributed by atoms with Crippen molar-refractivity contribution in [2.75, 3.05) is 10.6 Å². The third-order valence-electron chi connectivity index (χ3n) is 6.50. The van der Waals surface area contributed by atoms with E-state index in [0.29, 0.717) is 11.3 Å². The highest BCUT2D eigenvalue weighted by Crippen LogP contribution is 2.27. The largest absolute Gasteiger partial charge is 0.325 e. The second-order valence-electron chi connectivity index (χ2n) is 9.72. The van der Waals surface area contributed by atoms with Crippen molar-refractivity contribution >= 4 is 73.6 Å². The number of rotatable bonds is 9. The number of carbonyl (C=O) groups is 3. The molecule has 1 atom stereocenters. The van der Waals surface area contributed by atoms with E-state index in [9.17, 15) is 14.4 Å². The van der Waals surface area contributed by atoms with Crippen LogP contribution in [0.3, 0.4) is 0 Å². The summed E-state index contributed by atoms with van der Waals surface area (Å²) >= 11 is 4.86. The van der Waals surface area contributed by atoms with E-state index in [-0.39, 0.29) is 22.8 Å². The number of anilines is 2. The summed E-state index contributed by atoms with van der Waals surface area (Å²) in [4.78, 5) is 39.9. The van der Waals surface area contributed by atoms with Crippen LogP contribution in [0.5, 0.6) is 0 Å². The van der Waals surface area contributed by atoms with Gasteiger partial charge in [0.05, 0.1) is 5.25 Å². The van der Waals surface area contributed by atoms with E-state index in [1.165, 1.54) is 11.8 Å². The molecular weight excluding hydrogens is 622 g/mol. The van der Waals surface area contributed by atoms with Gasteiger partial charge in [-0.15, -0.1) is 11.8 Å². The standard InChI is InChI=1S/C35H28BrN3O3S/c1-23(33(40)38-30-15-14-25-9-5-6-12-27(25)22-30)43-31-18-16-29(17-19-31)37-35(42)32(21-24-8-7-13-28(36)20-24)39-34(41)26-10-3-2-4-11-26/h2-23H,1H3,(H,37,42)(H,38,40)(H,39,41)/b32-21-. The summed E-state index contributed by atoms with van der Waals surface area (Å²) < 4.78 is 0.851. The molecule has 0 aliphatic rings. The summed E-state index contributed by atoms with van der Waals surface area (Å²) in [5, 5.41) is 10.4. The van der Waals surface area contributed by atoms with Gasteiger partial charge in [0.25, 0.3) is 11.8 Å². The van der Waals surface area contributed by atoms with Gasteiger partial charge in [-0.3, -0.25) is 14.4 Å². The van der Waals surface area contributed by atoms with Crippen LogP contribution in [-0.4, -0.2) is 23.0 Å². The predicted molar refractivity (Wildman–Crippen MR) is 179 cm³/mol. The van der Waals surface area contributed by atoms with E-state index in [0.717, 1.165) is 31.4 Å². The van der Waals surface area contributed by atoms with Gasteiger partial charge >= 0.3 is 0 Å². The maximum atomic E-state index is 13.3. The molecule has 5 aromatic rings. The van der Waals surface area contributed by atoms with Crippen molar-refractivity contribution in [2.24, 2.45) is 0 Å². The van der Waals surface area contributed by atoms with Gasteiger partial charge in [0.15, 0.2) is 0 Å². The highest BCUT2D eigenvalue weighted by Gasteiger charge is 2.17. The first-order valence-corrected chi connectivity index (χ1v) is 15.2. The first-order valence-electron chi connectivity index (χ1n) is 13.6. The highest BCUT2D eigenvalue weighted by atomic mass is 79.9. The Bertz CT molecular complexity index is 1810. The molecule has 0 saturated carbocycles. The Morgan fingerprint density at radius 3 is 2.16 bits per heavy atom. The van der Waals surface area contributed by atoms with Crippen molar-refractivity contribution < 1.29 is 14.4 Å². The summed E-state index contributed by atoms with van der Waals surface area (Å²) in [5.74, 6) is -0.957. The third kappa shape index (κ3) is 8.22. The summed E-state index contributed by atoms with van der Waals surface area (Å²) in [6.45, 7) is 1.85. The van der Waals surface area contributed by atoms with Gasteiger partial charge in [0.1, 0.15) is 5.70 Å². The molecule has 3 N–H and O–H groups in total. The van der Waals surface area contributed by atoms with Crippen LogP contribution in [0.15, 0.2) is 136 Å². The molecule has 5 aromatic carbocycles. The number of thioether (sulfide) groups is 1. The molecule has 8 heteroatoms. The molecule has 0 aliphatic heterocycles. The molecule has 0 heterocycles. The van der Waals surface area contributed by atoms with Crippen LogP contribution in [0.4, 0.5) is 11.4 Å². The van der Waals surface area contributed by atoms with Gasteiger partial charge < -0.3 is 16.0 Å². The lowest BCUT2D eigenvalue weighted by Gasteiger charge is -2.14. The number of fused-ring (bicyclic) bond motifs is 1. The molecule has 0 spiro atoms. The van der Waals surface area contributed by atoms with Crippen molar-refractivity contribution in [2.45, 2.75) is 17.1 Å². The van der Waals surface area contributed by atoms with Gasteiger partial charge in [-0.25, -0.2) is 0 Å². The minimum absolute atomic E-state index is 0.101. The molecule has 0 fully saturated rings. The molecular formula is C35H28BrN3O3S. The zero-order valence-corrected chi connectivity index (χ0v) is 25.6. The molecule has 5 rings (SSSR count). The van der Waals surface area contributed by atoms with Crippen molar-refractivity contribution in [3.63, 3.8) is 0 Å². The summed E-state index contributed by atoms with van der Waals surface area (Å²) in [6, 6.07) is 37.2. The minimum atomic E-state index is -0.465. The topological polar surface area (TPSA) is 87.3 Å². The number of benzene rings is 5. The lowest BCUT2D eigenvalue weighted by atomic mass is 10.1. The van der Waals surface area contributed by atoms with Gasteiger partial charge in [-0.2, -0.15) is 0 Å². The number of halogens is 1. The van der Waals surface area contributed by atoms with Crippen LogP contribution in [0.25, 0.3) is 16.8 Å². The molecule has 0 radical (unpaired) electrons. The predicted octanol–water partition coefficient (Wildman–Crippen LogP) is 8.13. The number of hydrogen-bond donors (Lipinski definition) is 3. The van der Waals surface area contributed by atoms with E-state index in [1.807, 2.05) is 91.9 Å².